The average molecular weight is 262 g/mol. The maximum Gasteiger partial charge on any atom is 0.251 e. The predicted octanol–water partition coefficient (Wildman–Crippen LogP) is 1.94. The van der Waals surface area contributed by atoms with E-state index in [9.17, 15) is 4.79 Å². The van der Waals surface area contributed by atoms with Crippen LogP contribution in [-0.4, -0.2) is 25.6 Å². The van der Waals surface area contributed by atoms with E-state index in [0.717, 1.165) is 18.7 Å². The second kappa shape index (κ2) is 6.06. The standard InChI is InChI=1S/C15H22N2O2/c1-2-19-13-5-3-12(4-6-13)14(18)17-11-15(7-8-15)9-10-16/h3-6H,2,7-11,16H2,1H3,(H,17,18). The van der Waals surface area contributed by atoms with Crippen molar-refractivity contribution in [2.45, 2.75) is 26.2 Å². The Kier molecular flexibility index (Phi) is 4.43. The monoisotopic (exact) mass is 262 g/mol. The van der Waals surface area contributed by atoms with Gasteiger partial charge in [0.25, 0.3) is 5.91 Å². The van der Waals surface area contributed by atoms with Crippen molar-refractivity contribution in [1.82, 2.24) is 5.32 Å². The molecule has 0 atom stereocenters. The Labute approximate surface area is 114 Å². The van der Waals surface area contributed by atoms with Crippen molar-refractivity contribution in [2.24, 2.45) is 11.1 Å². The van der Waals surface area contributed by atoms with E-state index >= 15 is 0 Å². The Hall–Kier alpha value is -1.55. The van der Waals surface area contributed by atoms with Gasteiger partial charge in [0, 0.05) is 12.1 Å². The molecule has 3 N–H and O–H groups in total. The van der Waals surface area contributed by atoms with Crippen molar-refractivity contribution in [3.8, 4) is 5.75 Å². The zero-order valence-electron chi connectivity index (χ0n) is 11.4. The Morgan fingerprint density at radius 2 is 2.05 bits per heavy atom. The molecule has 1 aromatic rings. The fraction of sp³-hybridized carbons (Fsp3) is 0.533. The zero-order chi connectivity index (χ0) is 13.7. The summed E-state index contributed by atoms with van der Waals surface area (Å²) < 4.78 is 5.35. The molecule has 4 nitrogen and oxygen atoms in total. The minimum absolute atomic E-state index is 0.0219. The number of hydrogen-bond donors (Lipinski definition) is 2. The molecule has 104 valence electrons. The van der Waals surface area contributed by atoms with Crippen LogP contribution < -0.4 is 15.8 Å². The number of hydrogen-bond acceptors (Lipinski definition) is 3. The third-order valence-corrected chi connectivity index (χ3v) is 3.68. The van der Waals surface area contributed by atoms with Gasteiger partial charge in [-0.2, -0.15) is 0 Å². The van der Waals surface area contributed by atoms with Crippen molar-refractivity contribution in [3.05, 3.63) is 29.8 Å². The van der Waals surface area contributed by atoms with Gasteiger partial charge in [0.15, 0.2) is 0 Å². The average Bonchev–Trinajstić information content (AvgIpc) is 3.18. The van der Waals surface area contributed by atoms with E-state index in [1.807, 2.05) is 19.1 Å². The molecule has 0 radical (unpaired) electrons. The van der Waals surface area contributed by atoms with E-state index in [0.29, 0.717) is 18.7 Å². The number of nitrogens with one attached hydrogen (secondary N) is 1. The molecule has 0 saturated heterocycles. The normalized spacial score (nSPS) is 15.9. The smallest absolute Gasteiger partial charge is 0.251 e. The molecule has 1 amide bonds. The Morgan fingerprint density at radius 3 is 2.58 bits per heavy atom. The van der Waals surface area contributed by atoms with Gasteiger partial charge in [-0.05, 0) is 62.4 Å². The molecule has 1 saturated carbocycles. The van der Waals surface area contributed by atoms with Crippen LogP contribution in [0.1, 0.15) is 36.5 Å². The lowest BCUT2D eigenvalue weighted by Gasteiger charge is -2.14. The molecule has 1 aliphatic rings. The highest BCUT2D eigenvalue weighted by atomic mass is 16.5. The Balaban J connectivity index is 1.86. The van der Waals surface area contributed by atoms with Gasteiger partial charge in [0.1, 0.15) is 5.75 Å². The summed E-state index contributed by atoms with van der Waals surface area (Å²) in [4.78, 5) is 12.0. The van der Waals surface area contributed by atoms with Crippen LogP contribution in [0.3, 0.4) is 0 Å². The summed E-state index contributed by atoms with van der Waals surface area (Å²) in [6.07, 6.45) is 3.35. The van der Waals surface area contributed by atoms with Crippen LogP contribution in [0.25, 0.3) is 0 Å². The summed E-state index contributed by atoms with van der Waals surface area (Å²) in [5.41, 5.74) is 6.54. The molecule has 0 aliphatic heterocycles. The summed E-state index contributed by atoms with van der Waals surface area (Å²) in [7, 11) is 0. The molecule has 4 heteroatoms. The van der Waals surface area contributed by atoms with E-state index < -0.39 is 0 Å². The highest BCUT2D eigenvalue weighted by Crippen LogP contribution is 2.47. The second-order valence-electron chi connectivity index (χ2n) is 5.18. The number of amides is 1. The number of benzene rings is 1. The summed E-state index contributed by atoms with van der Waals surface area (Å²) >= 11 is 0. The minimum atomic E-state index is -0.0219. The molecule has 0 bridgehead atoms. The highest BCUT2D eigenvalue weighted by Gasteiger charge is 2.41. The first-order valence-electron chi connectivity index (χ1n) is 6.90. The van der Waals surface area contributed by atoms with Crippen LogP contribution in [0, 0.1) is 5.41 Å². The molecular weight excluding hydrogens is 240 g/mol. The van der Waals surface area contributed by atoms with Crippen molar-refractivity contribution in [3.63, 3.8) is 0 Å². The van der Waals surface area contributed by atoms with Crippen LogP contribution >= 0.6 is 0 Å². The maximum atomic E-state index is 12.0. The molecule has 0 spiro atoms. The molecule has 0 unspecified atom stereocenters. The van der Waals surface area contributed by atoms with Crippen LogP contribution in [0.15, 0.2) is 24.3 Å². The zero-order valence-corrected chi connectivity index (χ0v) is 11.4. The van der Waals surface area contributed by atoms with Crippen LogP contribution in [0.4, 0.5) is 0 Å². The van der Waals surface area contributed by atoms with E-state index in [4.69, 9.17) is 10.5 Å². The van der Waals surface area contributed by atoms with Gasteiger partial charge in [-0.15, -0.1) is 0 Å². The quantitative estimate of drug-likeness (QED) is 0.789. The molecule has 2 rings (SSSR count). The first-order valence-corrected chi connectivity index (χ1v) is 6.90. The third kappa shape index (κ3) is 3.70. The van der Waals surface area contributed by atoms with Gasteiger partial charge < -0.3 is 15.8 Å². The van der Waals surface area contributed by atoms with Crippen LogP contribution in [0.5, 0.6) is 5.75 Å². The minimum Gasteiger partial charge on any atom is -0.494 e. The summed E-state index contributed by atoms with van der Waals surface area (Å²) in [5.74, 6) is 0.771. The third-order valence-electron chi connectivity index (χ3n) is 3.68. The van der Waals surface area contributed by atoms with Crippen LogP contribution in [0.2, 0.25) is 0 Å². The number of carbonyl (C=O) groups is 1. The van der Waals surface area contributed by atoms with E-state index in [1.165, 1.54) is 12.8 Å². The number of nitrogens with two attached hydrogens (primary N) is 1. The Morgan fingerprint density at radius 1 is 1.37 bits per heavy atom. The fourth-order valence-corrected chi connectivity index (χ4v) is 2.24. The van der Waals surface area contributed by atoms with Gasteiger partial charge >= 0.3 is 0 Å². The SMILES string of the molecule is CCOc1ccc(C(=O)NCC2(CCN)CC2)cc1. The highest BCUT2D eigenvalue weighted by molar-refractivity contribution is 5.94. The molecule has 0 heterocycles. The number of carbonyl (C=O) groups excluding carboxylic acids is 1. The second-order valence-corrected chi connectivity index (χ2v) is 5.18. The number of ether oxygens (including phenoxy) is 1. The molecule has 1 aliphatic carbocycles. The lowest BCUT2D eigenvalue weighted by molar-refractivity contribution is 0.0944. The topological polar surface area (TPSA) is 64.3 Å². The molecule has 1 aromatic carbocycles. The van der Waals surface area contributed by atoms with Gasteiger partial charge in [-0.1, -0.05) is 0 Å². The summed E-state index contributed by atoms with van der Waals surface area (Å²) in [5, 5.41) is 3.00. The lowest BCUT2D eigenvalue weighted by atomic mass is 10.0. The van der Waals surface area contributed by atoms with Crippen molar-refractivity contribution < 1.29 is 9.53 Å². The molecule has 19 heavy (non-hydrogen) atoms. The van der Waals surface area contributed by atoms with E-state index in [-0.39, 0.29) is 11.3 Å². The molecule has 0 aromatic heterocycles. The lowest BCUT2D eigenvalue weighted by Crippen LogP contribution is -2.31. The van der Waals surface area contributed by atoms with Crippen molar-refractivity contribution in [2.75, 3.05) is 19.7 Å². The summed E-state index contributed by atoms with van der Waals surface area (Å²) in [6.45, 7) is 4.00. The predicted molar refractivity (Wildman–Crippen MR) is 75.3 cm³/mol. The van der Waals surface area contributed by atoms with Crippen molar-refractivity contribution in [1.29, 1.82) is 0 Å². The van der Waals surface area contributed by atoms with E-state index in [2.05, 4.69) is 5.32 Å². The first kappa shape index (κ1) is 13.9. The van der Waals surface area contributed by atoms with Gasteiger partial charge in [-0.25, -0.2) is 0 Å². The van der Waals surface area contributed by atoms with Crippen LogP contribution in [-0.2, 0) is 0 Å². The van der Waals surface area contributed by atoms with Gasteiger partial charge in [0.05, 0.1) is 6.61 Å². The van der Waals surface area contributed by atoms with Crippen molar-refractivity contribution >= 4 is 5.91 Å². The first-order chi connectivity index (χ1) is 9.19. The van der Waals surface area contributed by atoms with Gasteiger partial charge in [-0.3, -0.25) is 4.79 Å². The summed E-state index contributed by atoms with van der Waals surface area (Å²) in [6, 6.07) is 7.24. The maximum absolute atomic E-state index is 12.0. The molecule has 1 fully saturated rings. The number of rotatable bonds is 7. The fourth-order valence-electron chi connectivity index (χ4n) is 2.24. The largest absolute Gasteiger partial charge is 0.494 e. The Bertz CT molecular complexity index is 424. The molecular formula is C15H22N2O2. The van der Waals surface area contributed by atoms with Gasteiger partial charge in [0.2, 0.25) is 0 Å². The van der Waals surface area contributed by atoms with E-state index in [1.54, 1.807) is 12.1 Å².